The zero-order chi connectivity index (χ0) is 19.1. The smallest absolute Gasteiger partial charge is 0.336 e. The van der Waals surface area contributed by atoms with Crippen molar-refractivity contribution in [2.24, 2.45) is 5.92 Å². The van der Waals surface area contributed by atoms with Gasteiger partial charge in [-0.2, -0.15) is 0 Å². The highest BCUT2D eigenvalue weighted by Crippen LogP contribution is 2.30. The van der Waals surface area contributed by atoms with E-state index in [2.05, 4.69) is 17.4 Å². The first kappa shape index (κ1) is 20.1. The average Bonchev–Trinajstić information content (AvgIpc) is 2.61. The number of hydrogen-bond donors (Lipinski definition) is 1. The van der Waals surface area contributed by atoms with Crippen LogP contribution in [0.15, 0.2) is 57.8 Å². The van der Waals surface area contributed by atoms with Crippen molar-refractivity contribution in [3.05, 3.63) is 52.9 Å². The number of allylic oxidation sites excluding steroid dienone is 2. The summed E-state index contributed by atoms with van der Waals surface area (Å²) in [6, 6.07) is 10.1. The Hall–Kier alpha value is -2.21. The van der Waals surface area contributed by atoms with Gasteiger partial charge in [-0.25, -0.2) is 9.59 Å². The third-order valence-electron chi connectivity index (χ3n) is 4.21. The minimum atomic E-state index is -0.431. The Morgan fingerprint density at radius 3 is 2.31 bits per heavy atom. The summed E-state index contributed by atoms with van der Waals surface area (Å²) < 4.78 is 10.3. The largest absolute Gasteiger partial charge is 0.466 e. The van der Waals surface area contributed by atoms with Crippen LogP contribution < -0.4 is 5.32 Å². The summed E-state index contributed by atoms with van der Waals surface area (Å²) >= 11 is 1.73. The van der Waals surface area contributed by atoms with Gasteiger partial charge < -0.3 is 14.8 Å². The first-order valence-corrected chi connectivity index (χ1v) is 9.56. The predicted octanol–water partition coefficient (Wildman–Crippen LogP) is 3.67. The van der Waals surface area contributed by atoms with Crippen molar-refractivity contribution in [2.45, 2.75) is 32.1 Å². The van der Waals surface area contributed by atoms with E-state index in [4.69, 9.17) is 9.47 Å². The molecule has 0 saturated heterocycles. The van der Waals surface area contributed by atoms with E-state index in [-0.39, 0.29) is 11.9 Å². The van der Waals surface area contributed by atoms with Crippen molar-refractivity contribution in [1.29, 1.82) is 0 Å². The van der Waals surface area contributed by atoms with Gasteiger partial charge in [0.2, 0.25) is 0 Å². The van der Waals surface area contributed by atoms with Crippen LogP contribution in [0.1, 0.15) is 27.2 Å². The Morgan fingerprint density at radius 1 is 1.08 bits per heavy atom. The van der Waals surface area contributed by atoms with Gasteiger partial charge in [0.15, 0.2) is 0 Å². The highest BCUT2D eigenvalue weighted by Gasteiger charge is 2.33. The van der Waals surface area contributed by atoms with E-state index in [1.165, 1.54) is 12.0 Å². The van der Waals surface area contributed by atoms with Crippen LogP contribution in [0.25, 0.3) is 0 Å². The molecule has 0 aromatic heterocycles. The van der Waals surface area contributed by atoms with Gasteiger partial charge in [0.25, 0.3) is 0 Å². The topological polar surface area (TPSA) is 64.6 Å². The van der Waals surface area contributed by atoms with Crippen LogP contribution in [-0.2, 0) is 19.1 Å². The van der Waals surface area contributed by atoms with Crippen molar-refractivity contribution >= 4 is 23.7 Å². The molecule has 1 heterocycles. The van der Waals surface area contributed by atoms with Gasteiger partial charge in [0.1, 0.15) is 0 Å². The number of esters is 2. The number of rotatable bonds is 7. The van der Waals surface area contributed by atoms with Crippen molar-refractivity contribution in [1.82, 2.24) is 5.32 Å². The molecule has 1 aromatic carbocycles. The lowest BCUT2D eigenvalue weighted by Gasteiger charge is -2.27. The van der Waals surface area contributed by atoms with Crippen LogP contribution in [0.3, 0.4) is 0 Å². The van der Waals surface area contributed by atoms with Crippen LogP contribution in [-0.4, -0.2) is 31.4 Å². The molecule has 0 fully saturated rings. The maximum atomic E-state index is 12.5. The molecule has 1 N–H and O–H groups in total. The molecule has 1 unspecified atom stereocenters. The maximum Gasteiger partial charge on any atom is 0.336 e. The average molecular weight is 375 g/mol. The van der Waals surface area contributed by atoms with Crippen LogP contribution in [0, 0.1) is 5.92 Å². The summed E-state index contributed by atoms with van der Waals surface area (Å²) in [5, 5.41) is 3.08. The van der Waals surface area contributed by atoms with E-state index in [1.54, 1.807) is 18.7 Å². The van der Waals surface area contributed by atoms with Gasteiger partial charge in [-0.1, -0.05) is 25.1 Å². The molecule has 0 bridgehead atoms. The third-order valence-corrected chi connectivity index (χ3v) is 5.31. The van der Waals surface area contributed by atoms with Gasteiger partial charge >= 0.3 is 11.9 Å². The quantitative estimate of drug-likeness (QED) is 0.446. The summed E-state index contributed by atoms with van der Waals surface area (Å²) in [6.07, 6.45) is 0.762. The number of nitrogens with one attached hydrogen (secondary N) is 1. The SMILES string of the molecule is COC(=O)C1=C(C)NC(C)=C(C(=O)OCCCSc2ccccc2)C1C. The van der Waals surface area contributed by atoms with E-state index in [0.29, 0.717) is 29.1 Å². The summed E-state index contributed by atoms with van der Waals surface area (Å²) in [4.78, 5) is 25.7. The minimum absolute atomic E-state index is 0.346. The molecule has 0 radical (unpaired) electrons. The number of thioether (sulfide) groups is 1. The number of carbonyl (C=O) groups excluding carboxylic acids is 2. The molecule has 1 aliphatic rings. The molecule has 1 aliphatic heterocycles. The first-order chi connectivity index (χ1) is 12.5. The maximum absolute atomic E-state index is 12.5. The summed E-state index contributed by atoms with van der Waals surface area (Å²) in [5.41, 5.74) is 2.36. The van der Waals surface area contributed by atoms with Gasteiger partial charge in [0, 0.05) is 28.0 Å². The Labute approximate surface area is 158 Å². The van der Waals surface area contributed by atoms with Crippen LogP contribution in [0.4, 0.5) is 0 Å². The molecule has 1 aromatic rings. The Bertz CT molecular complexity index is 725. The molecule has 0 amide bonds. The monoisotopic (exact) mass is 375 g/mol. The number of ether oxygens (including phenoxy) is 2. The Morgan fingerprint density at radius 2 is 1.69 bits per heavy atom. The molecular formula is C20H25NO4S. The van der Waals surface area contributed by atoms with Crippen molar-refractivity contribution < 1.29 is 19.1 Å². The van der Waals surface area contributed by atoms with Crippen LogP contribution in [0.5, 0.6) is 0 Å². The fraction of sp³-hybridized carbons (Fsp3) is 0.400. The van der Waals surface area contributed by atoms with Gasteiger partial charge in [-0.05, 0) is 32.4 Å². The molecule has 2 rings (SSSR count). The van der Waals surface area contributed by atoms with Crippen molar-refractivity contribution in [3.8, 4) is 0 Å². The predicted molar refractivity (Wildman–Crippen MR) is 102 cm³/mol. The van der Waals surface area contributed by atoms with Gasteiger partial charge in [0.05, 0.1) is 24.9 Å². The second kappa shape index (κ2) is 9.48. The summed E-state index contributed by atoms with van der Waals surface area (Å²) in [5.74, 6) is -0.314. The van der Waals surface area contributed by atoms with E-state index in [1.807, 2.05) is 32.0 Å². The highest BCUT2D eigenvalue weighted by atomic mass is 32.2. The lowest BCUT2D eigenvalue weighted by molar-refractivity contribution is -0.139. The minimum Gasteiger partial charge on any atom is -0.466 e. The lowest BCUT2D eigenvalue weighted by atomic mass is 9.87. The van der Waals surface area contributed by atoms with Crippen LogP contribution in [0.2, 0.25) is 0 Å². The fourth-order valence-corrected chi connectivity index (χ4v) is 3.84. The van der Waals surface area contributed by atoms with E-state index in [0.717, 1.165) is 12.2 Å². The first-order valence-electron chi connectivity index (χ1n) is 8.57. The normalized spacial score (nSPS) is 17.0. The molecular weight excluding hydrogens is 350 g/mol. The summed E-state index contributed by atoms with van der Waals surface area (Å²) in [7, 11) is 1.34. The second-order valence-electron chi connectivity index (χ2n) is 6.07. The van der Waals surface area contributed by atoms with Crippen molar-refractivity contribution in [2.75, 3.05) is 19.5 Å². The number of carbonyl (C=O) groups is 2. The fourth-order valence-electron chi connectivity index (χ4n) is 2.99. The number of methoxy groups -OCH3 is 1. The molecule has 0 saturated carbocycles. The molecule has 0 spiro atoms. The zero-order valence-electron chi connectivity index (χ0n) is 15.6. The molecule has 5 nitrogen and oxygen atoms in total. The second-order valence-corrected chi connectivity index (χ2v) is 7.23. The van der Waals surface area contributed by atoms with Crippen molar-refractivity contribution in [3.63, 3.8) is 0 Å². The zero-order valence-corrected chi connectivity index (χ0v) is 16.4. The van der Waals surface area contributed by atoms with E-state index < -0.39 is 5.97 Å². The Balaban J connectivity index is 1.88. The number of benzene rings is 1. The molecule has 6 heteroatoms. The lowest BCUT2D eigenvalue weighted by Crippen LogP contribution is -2.32. The van der Waals surface area contributed by atoms with E-state index >= 15 is 0 Å². The van der Waals surface area contributed by atoms with E-state index in [9.17, 15) is 9.59 Å². The molecule has 26 heavy (non-hydrogen) atoms. The van der Waals surface area contributed by atoms with Gasteiger partial charge in [-0.15, -0.1) is 11.8 Å². The molecule has 140 valence electrons. The third kappa shape index (κ3) is 4.91. The summed E-state index contributed by atoms with van der Waals surface area (Å²) in [6.45, 7) is 5.78. The standard InChI is InChI=1S/C20H25NO4S/c1-13-17(19(22)24-4)14(2)21-15(3)18(13)20(23)25-11-8-12-26-16-9-6-5-7-10-16/h5-7,9-10,13,21H,8,11-12H2,1-4H3. The number of hydrogen-bond acceptors (Lipinski definition) is 6. The van der Waals surface area contributed by atoms with Gasteiger partial charge in [-0.3, -0.25) is 0 Å². The number of dihydropyridines is 1. The van der Waals surface area contributed by atoms with Crippen LogP contribution >= 0.6 is 11.8 Å². The Kier molecular flexibility index (Phi) is 7.33. The highest BCUT2D eigenvalue weighted by molar-refractivity contribution is 7.99. The molecule has 0 aliphatic carbocycles. The molecule has 1 atom stereocenters.